The van der Waals surface area contributed by atoms with E-state index in [1.54, 1.807) is 14.0 Å². The van der Waals surface area contributed by atoms with E-state index in [1.807, 2.05) is 30.0 Å². The topological polar surface area (TPSA) is 61.8 Å². The second-order valence-corrected chi connectivity index (χ2v) is 6.00. The van der Waals surface area contributed by atoms with Crippen molar-refractivity contribution in [1.29, 1.82) is 0 Å². The summed E-state index contributed by atoms with van der Waals surface area (Å²) >= 11 is 0. The van der Waals surface area contributed by atoms with Crippen LogP contribution in [0.25, 0.3) is 0 Å². The molecule has 116 valence electrons. The van der Waals surface area contributed by atoms with Crippen molar-refractivity contribution in [2.24, 2.45) is 12.0 Å². The summed E-state index contributed by atoms with van der Waals surface area (Å²) in [5.41, 5.74) is 2.80. The Morgan fingerprint density at radius 2 is 2.00 bits per heavy atom. The van der Waals surface area contributed by atoms with Crippen LogP contribution >= 0.6 is 0 Å². The zero-order valence-corrected chi connectivity index (χ0v) is 13.5. The van der Waals surface area contributed by atoms with Crippen LogP contribution in [0.15, 0.2) is 17.1 Å². The van der Waals surface area contributed by atoms with E-state index in [0.29, 0.717) is 11.8 Å². The highest BCUT2D eigenvalue weighted by molar-refractivity contribution is 6.20. The number of fused-ring (bicyclic) bond motifs is 3. The lowest BCUT2D eigenvalue weighted by Crippen LogP contribution is -2.58. The average molecular weight is 302 g/mol. The van der Waals surface area contributed by atoms with Crippen molar-refractivity contribution in [3.05, 3.63) is 23.5 Å². The molecule has 0 aromatic carbocycles. The van der Waals surface area contributed by atoms with E-state index in [0.717, 1.165) is 17.0 Å². The fourth-order valence-corrected chi connectivity index (χ4v) is 3.01. The first-order chi connectivity index (χ1) is 10.3. The Morgan fingerprint density at radius 1 is 1.36 bits per heavy atom. The van der Waals surface area contributed by atoms with Crippen LogP contribution < -0.4 is 4.57 Å². The molecule has 1 saturated heterocycles. The maximum atomic E-state index is 12.9. The van der Waals surface area contributed by atoms with Gasteiger partial charge in [0.2, 0.25) is 11.9 Å². The number of hydrogen-bond donors (Lipinski definition) is 0. The van der Waals surface area contributed by atoms with E-state index in [4.69, 9.17) is 0 Å². The second-order valence-electron chi connectivity index (χ2n) is 6.00. The fraction of sp³-hybridized carbons (Fsp3) is 0.467. The number of carbonyl (C=O) groups excluding carboxylic acids is 2. The summed E-state index contributed by atoms with van der Waals surface area (Å²) in [6.45, 7) is 9.78. The van der Waals surface area contributed by atoms with Crippen molar-refractivity contribution >= 4 is 23.7 Å². The first kappa shape index (κ1) is 14.5. The maximum Gasteiger partial charge on any atom is 0.401 e. The molecule has 2 aliphatic heterocycles. The Labute approximate surface area is 129 Å². The maximum absolute atomic E-state index is 12.9. The van der Waals surface area contributed by atoms with Crippen LogP contribution in [0.1, 0.15) is 24.4 Å². The molecule has 22 heavy (non-hydrogen) atoms. The molecule has 1 aromatic rings. The first-order valence-electron chi connectivity index (χ1n) is 7.15. The van der Waals surface area contributed by atoms with E-state index >= 15 is 0 Å². The van der Waals surface area contributed by atoms with Crippen LogP contribution in [-0.2, 0) is 11.8 Å². The summed E-state index contributed by atoms with van der Waals surface area (Å²) in [5.74, 6) is 0.934. The molecule has 3 rings (SSSR count). The van der Waals surface area contributed by atoms with Gasteiger partial charge in [-0.1, -0.05) is 17.1 Å². The van der Waals surface area contributed by atoms with Gasteiger partial charge in [0, 0.05) is 7.05 Å². The van der Waals surface area contributed by atoms with Gasteiger partial charge < -0.3 is 0 Å². The van der Waals surface area contributed by atoms with Crippen LogP contribution in [0, 0.1) is 13.8 Å². The van der Waals surface area contributed by atoms with Crippen molar-refractivity contribution in [2.45, 2.75) is 26.8 Å². The van der Waals surface area contributed by atoms with Gasteiger partial charge in [-0.25, -0.2) is 13.9 Å². The zero-order valence-electron chi connectivity index (χ0n) is 13.5. The molecule has 1 aromatic heterocycles. The number of imide groups is 1. The van der Waals surface area contributed by atoms with Gasteiger partial charge in [0.15, 0.2) is 0 Å². The Balaban J connectivity index is 2.15. The fourth-order valence-electron chi connectivity index (χ4n) is 3.01. The molecule has 7 heteroatoms. The van der Waals surface area contributed by atoms with Gasteiger partial charge in [-0.2, -0.15) is 0 Å². The van der Waals surface area contributed by atoms with Crippen LogP contribution in [-0.4, -0.2) is 45.7 Å². The summed E-state index contributed by atoms with van der Waals surface area (Å²) < 4.78 is 3.84. The highest BCUT2D eigenvalue weighted by Gasteiger charge is 2.53. The molecule has 0 saturated carbocycles. The standard InChI is InChI=1S/C15H20N5O2/c1-8(2)7-19-13(21)11-12(18(6)15(19)22)16-14-17(5)9(3)10(4)20(11)14/h11H,1,7H2,2-6H3/q+1. The van der Waals surface area contributed by atoms with E-state index in [9.17, 15) is 9.59 Å². The molecule has 1 fully saturated rings. The molecule has 1 atom stereocenters. The molecule has 0 bridgehead atoms. The monoisotopic (exact) mass is 302 g/mol. The largest absolute Gasteiger partial charge is 0.401 e. The number of aliphatic imine (C=N–C) groups is 1. The molecule has 0 N–H and O–H groups in total. The molecule has 3 heterocycles. The minimum atomic E-state index is -0.572. The number of carbonyl (C=O) groups is 2. The van der Waals surface area contributed by atoms with Crippen LogP contribution in [0.4, 0.5) is 10.7 Å². The van der Waals surface area contributed by atoms with E-state index in [-0.39, 0.29) is 18.5 Å². The Hall–Kier alpha value is -2.44. The number of nitrogens with zero attached hydrogens (tertiary/aromatic N) is 5. The van der Waals surface area contributed by atoms with Crippen molar-refractivity contribution in [2.75, 3.05) is 13.6 Å². The van der Waals surface area contributed by atoms with Crippen LogP contribution in [0.5, 0.6) is 0 Å². The van der Waals surface area contributed by atoms with Gasteiger partial charge in [0.1, 0.15) is 11.4 Å². The van der Waals surface area contributed by atoms with Gasteiger partial charge in [-0.15, -0.1) is 0 Å². The highest BCUT2D eigenvalue weighted by Crippen LogP contribution is 2.34. The molecule has 0 spiro atoms. The van der Waals surface area contributed by atoms with E-state index in [2.05, 4.69) is 11.6 Å². The molecule has 0 aliphatic carbocycles. The summed E-state index contributed by atoms with van der Waals surface area (Å²) in [5, 5.41) is 0. The average Bonchev–Trinajstić information content (AvgIpc) is 2.95. The lowest BCUT2D eigenvalue weighted by atomic mass is 10.1. The van der Waals surface area contributed by atoms with Gasteiger partial charge in [0.25, 0.3) is 5.91 Å². The third-order valence-electron chi connectivity index (χ3n) is 4.41. The number of urea groups is 1. The minimum absolute atomic E-state index is 0.229. The quantitative estimate of drug-likeness (QED) is 0.604. The SMILES string of the molecule is C=C(C)CN1C(=O)C2C(=Nc3n2c(C)c(C)[n+]3C)N(C)C1=O. The van der Waals surface area contributed by atoms with Crippen molar-refractivity contribution < 1.29 is 14.2 Å². The minimum Gasteiger partial charge on any atom is -0.270 e. The van der Waals surface area contributed by atoms with E-state index < -0.39 is 6.04 Å². The molecule has 7 nitrogen and oxygen atoms in total. The highest BCUT2D eigenvalue weighted by atomic mass is 16.2. The van der Waals surface area contributed by atoms with Gasteiger partial charge in [-0.05, 0) is 20.8 Å². The number of likely N-dealkylation sites (N-methyl/N-ethyl adjacent to an activating group) is 1. The second kappa shape index (κ2) is 4.53. The molecule has 1 unspecified atom stereocenters. The number of imidazole rings is 1. The lowest BCUT2D eigenvalue weighted by Gasteiger charge is -2.33. The number of amides is 3. The molecule has 0 radical (unpaired) electrons. The summed E-state index contributed by atoms with van der Waals surface area (Å²) in [7, 11) is 3.56. The molecule has 2 aliphatic rings. The summed E-state index contributed by atoms with van der Waals surface area (Å²) in [4.78, 5) is 32.5. The number of amidine groups is 1. The van der Waals surface area contributed by atoms with Gasteiger partial charge in [-0.3, -0.25) is 14.6 Å². The van der Waals surface area contributed by atoms with Crippen LogP contribution in [0.3, 0.4) is 0 Å². The Morgan fingerprint density at radius 3 is 2.59 bits per heavy atom. The third-order valence-corrected chi connectivity index (χ3v) is 4.41. The normalized spacial score (nSPS) is 20.2. The van der Waals surface area contributed by atoms with Gasteiger partial charge in [0.05, 0.1) is 13.6 Å². The summed E-state index contributed by atoms with van der Waals surface area (Å²) in [6, 6.07) is -0.928. The van der Waals surface area contributed by atoms with E-state index in [1.165, 1.54) is 9.80 Å². The predicted octanol–water partition coefficient (Wildman–Crippen LogP) is 0.984. The van der Waals surface area contributed by atoms with Crippen molar-refractivity contribution in [3.63, 3.8) is 0 Å². The van der Waals surface area contributed by atoms with Gasteiger partial charge >= 0.3 is 12.0 Å². The lowest BCUT2D eigenvalue weighted by molar-refractivity contribution is -0.663. The molecular formula is C15H20N5O2+. The predicted molar refractivity (Wildman–Crippen MR) is 80.9 cm³/mol. The molecular weight excluding hydrogens is 282 g/mol. The Kier molecular flexibility index (Phi) is 2.98. The third kappa shape index (κ3) is 1.68. The first-order valence-corrected chi connectivity index (χ1v) is 7.15. The van der Waals surface area contributed by atoms with Crippen LogP contribution in [0.2, 0.25) is 0 Å². The number of hydrogen-bond acceptors (Lipinski definition) is 3. The number of rotatable bonds is 2. The number of aromatic nitrogens is 2. The smallest absolute Gasteiger partial charge is 0.270 e. The summed E-state index contributed by atoms with van der Waals surface area (Å²) in [6.07, 6.45) is 0. The zero-order chi connectivity index (χ0) is 16.3. The molecule has 3 amide bonds. The van der Waals surface area contributed by atoms with Crippen molar-refractivity contribution in [1.82, 2.24) is 14.4 Å². The Bertz CT molecular complexity index is 758. The van der Waals surface area contributed by atoms with Crippen molar-refractivity contribution in [3.8, 4) is 0 Å².